The smallest absolute Gasteiger partial charge is 0.295 e. The lowest BCUT2D eigenvalue weighted by molar-refractivity contribution is 0.473. The van der Waals surface area contributed by atoms with Crippen LogP contribution in [0.5, 0.6) is 5.75 Å². The predicted octanol–water partition coefficient (Wildman–Crippen LogP) is 1.19. The third-order valence-corrected chi connectivity index (χ3v) is 2.86. The van der Waals surface area contributed by atoms with Crippen LogP contribution in [0.15, 0.2) is 35.4 Å². The van der Waals surface area contributed by atoms with E-state index < -0.39 is 10.1 Å². The molecule has 0 bridgehead atoms. The number of pyridine rings is 1. The molecule has 78 valence electrons. The fourth-order valence-corrected chi connectivity index (χ4v) is 2.03. The minimum atomic E-state index is -4.30. The minimum Gasteiger partial charge on any atom is -0.506 e. The minimum absolute atomic E-state index is 0.154. The molecule has 2 N–H and O–H groups in total. The molecule has 6 heteroatoms. The van der Waals surface area contributed by atoms with E-state index in [9.17, 15) is 13.5 Å². The molecule has 2 aromatic rings. The first kappa shape index (κ1) is 9.88. The maximum absolute atomic E-state index is 11.0. The summed E-state index contributed by atoms with van der Waals surface area (Å²) in [6.07, 6.45) is 1.20. The zero-order chi connectivity index (χ0) is 11.1. The molecule has 1 aromatic carbocycles. The lowest BCUT2D eigenvalue weighted by atomic mass is 10.2. The van der Waals surface area contributed by atoms with E-state index in [1.807, 2.05) is 0 Å². The Balaban J connectivity index is 2.92. The summed E-state index contributed by atoms with van der Waals surface area (Å²) >= 11 is 0. The van der Waals surface area contributed by atoms with Crippen molar-refractivity contribution in [3.63, 3.8) is 0 Å². The summed E-state index contributed by atoms with van der Waals surface area (Å²) in [5, 5.41) is 9.38. The fraction of sp³-hybridized carbons (Fsp3) is 0. The molecule has 0 radical (unpaired) electrons. The van der Waals surface area contributed by atoms with Gasteiger partial charge in [0.15, 0.2) is 0 Å². The Labute approximate surface area is 85.8 Å². The second kappa shape index (κ2) is 3.18. The van der Waals surface area contributed by atoms with E-state index in [0.29, 0.717) is 5.52 Å². The molecule has 0 amide bonds. The van der Waals surface area contributed by atoms with Crippen LogP contribution in [0.1, 0.15) is 0 Å². The number of benzene rings is 1. The Morgan fingerprint density at radius 2 is 2.00 bits per heavy atom. The maximum atomic E-state index is 11.0. The molecule has 1 heterocycles. The van der Waals surface area contributed by atoms with Gasteiger partial charge in [-0.05, 0) is 18.2 Å². The van der Waals surface area contributed by atoms with Crippen molar-refractivity contribution < 1.29 is 18.1 Å². The number of fused-ring (bicyclic) bond motifs is 1. The molecular weight excluding hydrogens is 218 g/mol. The van der Waals surface area contributed by atoms with E-state index in [1.165, 1.54) is 24.4 Å². The highest BCUT2D eigenvalue weighted by Gasteiger charge is 2.14. The standard InChI is InChI=1S/C9H7NO4S/c11-6-4-7-8(10-5-6)2-1-3-9(7)15(12,13)14/h1-5,11H,(H,12,13,14). The van der Waals surface area contributed by atoms with E-state index in [2.05, 4.69) is 4.98 Å². The van der Waals surface area contributed by atoms with Crippen LogP contribution in [-0.4, -0.2) is 23.1 Å². The topological polar surface area (TPSA) is 87.5 Å². The predicted molar refractivity (Wildman–Crippen MR) is 53.2 cm³/mol. The molecule has 0 aliphatic rings. The average Bonchev–Trinajstić information content (AvgIpc) is 2.15. The zero-order valence-corrected chi connectivity index (χ0v) is 8.27. The van der Waals surface area contributed by atoms with Gasteiger partial charge in [0.25, 0.3) is 10.1 Å². The van der Waals surface area contributed by atoms with Crippen molar-refractivity contribution in [2.45, 2.75) is 4.90 Å². The van der Waals surface area contributed by atoms with Gasteiger partial charge in [0.05, 0.1) is 11.7 Å². The Kier molecular flexibility index (Phi) is 2.09. The van der Waals surface area contributed by atoms with Gasteiger partial charge in [-0.25, -0.2) is 0 Å². The van der Waals surface area contributed by atoms with Gasteiger partial charge in [-0.2, -0.15) is 8.42 Å². The normalized spacial score (nSPS) is 11.8. The molecule has 0 aliphatic heterocycles. The van der Waals surface area contributed by atoms with Crippen molar-refractivity contribution >= 4 is 21.0 Å². The fourth-order valence-electron chi connectivity index (χ4n) is 1.34. The Morgan fingerprint density at radius 3 is 2.67 bits per heavy atom. The summed E-state index contributed by atoms with van der Waals surface area (Å²) in [4.78, 5) is 3.57. The summed E-state index contributed by atoms with van der Waals surface area (Å²) in [6.45, 7) is 0. The second-order valence-electron chi connectivity index (χ2n) is 2.99. The average molecular weight is 225 g/mol. The maximum Gasteiger partial charge on any atom is 0.295 e. The Hall–Kier alpha value is -1.66. The molecule has 0 unspecified atom stereocenters. The second-order valence-corrected chi connectivity index (χ2v) is 4.38. The van der Waals surface area contributed by atoms with Crippen LogP contribution in [0.4, 0.5) is 0 Å². The summed E-state index contributed by atoms with van der Waals surface area (Å²) in [5.74, 6) is -0.154. The summed E-state index contributed by atoms with van der Waals surface area (Å²) in [7, 11) is -4.30. The molecule has 0 saturated heterocycles. The number of rotatable bonds is 1. The van der Waals surface area contributed by atoms with Gasteiger partial charge in [0, 0.05) is 5.39 Å². The van der Waals surface area contributed by atoms with Gasteiger partial charge in [0.1, 0.15) is 10.6 Å². The number of hydrogen-bond acceptors (Lipinski definition) is 4. The SMILES string of the molecule is O=S(=O)(O)c1cccc2ncc(O)cc12. The highest BCUT2D eigenvalue weighted by atomic mass is 32.2. The first-order chi connectivity index (χ1) is 6.98. The monoisotopic (exact) mass is 225 g/mol. The number of nitrogens with zero attached hydrogens (tertiary/aromatic N) is 1. The van der Waals surface area contributed by atoms with Crippen LogP contribution in [0.2, 0.25) is 0 Å². The van der Waals surface area contributed by atoms with Gasteiger partial charge in [-0.3, -0.25) is 9.54 Å². The van der Waals surface area contributed by atoms with Crippen molar-refractivity contribution in [1.82, 2.24) is 4.98 Å². The lowest BCUT2D eigenvalue weighted by Gasteiger charge is -2.02. The Morgan fingerprint density at radius 1 is 1.27 bits per heavy atom. The van der Waals surface area contributed by atoms with Crippen molar-refractivity contribution in [2.75, 3.05) is 0 Å². The van der Waals surface area contributed by atoms with Crippen LogP contribution in [0, 0.1) is 0 Å². The van der Waals surface area contributed by atoms with Crippen LogP contribution in [-0.2, 0) is 10.1 Å². The summed E-state index contributed by atoms with van der Waals surface area (Å²) < 4.78 is 30.9. The van der Waals surface area contributed by atoms with Crippen molar-refractivity contribution in [3.8, 4) is 5.75 Å². The van der Waals surface area contributed by atoms with Crippen LogP contribution >= 0.6 is 0 Å². The van der Waals surface area contributed by atoms with Crippen molar-refractivity contribution in [3.05, 3.63) is 30.5 Å². The number of aromatic nitrogens is 1. The third-order valence-electron chi connectivity index (χ3n) is 1.95. The van der Waals surface area contributed by atoms with Gasteiger partial charge in [-0.15, -0.1) is 0 Å². The summed E-state index contributed by atoms with van der Waals surface area (Å²) in [5.41, 5.74) is 0.392. The molecule has 0 spiro atoms. The first-order valence-corrected chi connectivity index (χ1v) is 5.48. The Bertz CT molecular complexity index is 621. The van der Waals surface area contributed by atoms with Crippen LogP contribution in [0.3, 0.4) is 0 Å². The van der Waals surface area contributed by atoms with Gasteiger partial charge in [0.2, 0.25) is 0 Å². The number of aromatic hydroxyl groups is 1. The lowest BCUT2D eigenvalue weighted by Crippen LogP contribution is -1.99. The van der Waals surface area contributed by atoms with E-state index >= 15 is 0 Å². The van der Waals surface area contributed by atoms with E-state index in [1.54, 1.807) is 6.07 Å². The van der Waals surface area contributed by atoms with E-state index in [-0.39, 0.29) is 16.0 Å². The first-order valence-electron chi connectivity index (χ1n) is 4.04. The molecule has 5 nitrogen and oxygen atoms in total. The number of hydrogen-bond donors (Lipinski definition) is 2. The third kappa shape index (κ3) is 1.77. The highest BCUT2D eigenvalue weighted by molar-refractivity contribution is 7.86. The quantitative estimate of drug-likeness (QED) is 0.712. The molecule has 1 aromatic heterocycles. The van der Waals surface area contributed by atoms with Crippen LogP contribution < -0.4 is 0 Å². The largest absolute Gasteiger partial charge is 0.506 e. The molecule has 0 aliphatic carbocycles. The summed E-state index contributed by atoms with van der Waals surface area (Å²) in [6, 6.07) is 5.54. The zero-order valence-electron chi connectivity index (χ0n) is 7.45. The molecule has 0 saturated carbocycles. The van der Waals surface area contributed by atoms with Crippen molar-refractivity contribution in [2.24, 2.45) is 0 Å². The van der Waals surface area contributed by atoms with Gasteiger partial charge < -0.3 is 5.11 Å². The van der Waals surface area contributed by atoms with E-state index in [4.69, 9.17) is 4.55 Å². The molecule has 2 rings (SSSR count). The van der Waals surface area contributed by atoms with Gasteiger partial charge >= 0.3 is 0 Å². The molecular formula is C9H7NO4S. The molecule has 0 atom stereocenters. The van der Waals surface area contributed by atoms with Crippen LogP contribution in [0.25, 0.3) is 10.9 Å². The van der Waals surface area contributed by atoms with Gasteiger partial charge in [-0.1, -0.05) is 6.07 Å². The molecule has 0 fully saturated rings. The van der Waals surface area contributed by atoms with Crippen molar-refractivity contribution in [1.29, 1.82) is 0 Å². The highest BCUT2D eigenvalue weighted by Crippen LogP contribution is 2.24. The van der Waals surface area contributed by atoms with E-state index in [0.717, 1.165) is 0 Å². The molecule has 15 heavy (non-hydrogen) atoms.